The molecule has 86 valence electrons. The lowest BCUT2D eigenvalue weighted by Gasteiger charge is -1.98. The maximum atomic E-state index is 8.57. The molecule has 0 unspecified atom stereocenters. The molecule has 0 aliphatic carbocycles. The minimum atomic E-state index is 0.402. The van der Waals surface area contributed by atoms with Crippen LogP contribution in [0.25, 0.3) is 0 Å². The zero-order valence-electron chi connectivity index (χ0n) is 8.89. The average Bonchev–Trinajstić information content (AvgIpc) is 2.77. The predicted octanol–water partition coefficient (Wildman–Crippen LogP) is 4.26. The fraction of sp³-hybridized carbons (Fsp3) is 0.167. The van der Waals surface area contributed by atoms with Gasteiger partial charge >= 0.3 is 0 Å². The fourth-order valence-electron chi connectivity index (χ4n) is 1.25. The molecule has 0 N–H and O–H groups in total. The summed E-state index contributed by atoms with van der Waals surface area (Å²) in [6, 6.07) is 10.3. The number of nitriles is 1. The van der Waals surface area contributed by atoms with E-state index in [1.807, 2.05) is 17.5 Å². The molecule has 0 aliphatic heterocycles. The summed E-state index contributed by atoms with van der Waals surface area (Å²) < 4.78 is 1.09. The lowest BCUT2D eigenvalue weighted by Crippen LogP contribution is -1.83. The van der Waals surface area contributed by atoms with Gasteiger partial charge in [-0.05, 0) is 24.3 Å². The van der Waals surface area contributed by atoms with Crippen LogP contribution in [-0.4, -0.2) is 4.98 Å². The van der Waals surface area contributed by atoms with Crippen LogP contribution in [0.3, 0.4) is 0 Å². The molecule has 0 bridgehead atoms. The largest absolute Gasteiger partial charge is 0.244 e. The Labute approximate surface area is 117 Å². The van der Waals surface area contributed by atoms with E-state index in [2.05, 4.69) is 39.1 Å². The maximum Gasteiger partial charge on any atom is 0.103 e. The van der Waals surface area contributed by atoms with Crippen molar-refractivity contribution >= 4 is 39.0 Å². The van der Waals surface area contributed by atoms with Gasteiger partial charge in [0.1, 0.15) is 5.01 Å². The van der Waals surface area contributed by atoms with Gasteiger partial charge in [0, 0.05) is 14.7 Å². The average molecular weight is 325 g/mol. The second-order valence-electron chi connectivity index (χ2n) is 3.31. The summed E-state index contributed by atoms with van der Waals surface area (Å²) in [6.45, 7) is 0. The highest BCUT2D eigenvalue weighted by Crippen LogP contribution is 2.25. The molecule has 0 saturated heterocycles. The lowest BCUT2D eigenvalue weighted by molar-refractivity contribution is 1.11. The van der Waals surface area contributed by atoms with Gasteiger partial charge in [0.05, 0.1) is 23.9 Å². The van der Waals surface area contributed by atoms with Gasteiger partial charge in [-0.1, -0.05) is 15.9 Å². The molecule has 0 atom stereocenters. The monoisotopic (exact) mass is 324 g/mol. The van der Waals surface area contributed by atoms with E-state index in [0.29, 0.717) is 6.42 Å². The zero-order chi connectivity index (χ0) is 12.1. The zero-order valence-corrected chi connectivity index (χ0v) is 12.1. The molecule has 1 aromatic heterocycles. The van der Waals surface area contributed by atoms with Crippen molar-refractivity contribution in [1.29, 1.82) is 5.26 Å². The van der Waals surface area contributed by atoms with Crippen LogP contribution in [0.5, 0.6) is 0 Å². The van der Waals surface area contributed by atoms with Gasteiger partial charge in [-0.3, -0.25) is 0 Å². The van der Waals surface area contributed by atoms with Crippen molar-refractivity contribution in [2.75, 3.05) is 0 Å². The number of hydrogen-bond acceptors (Lipinski definition) is 4. The van der Waals surface area contributed by atoms with Crippen LogP contribution in [0.1, 0.15) is 10.7 Å². The molecule has 0 radical (unpaired) electrons. The Hall–Kier alpha value is -0.830. The summed E-state index contributed by atoms with van der Waals surface area (Å²) in [6.07, 6.45) is 0.402. The minimum Gasteiger partial charge on any atom is -0.244 e. The van der Waals surface area contributed by atoms with Gasteiger partial charge in [-0.2, -0.15) is 5.26 Å². The SMILES string of the molecule is N#CCc1csc(CSc2ccc(Br)cc2)n1. The normalized spacial score (nSPS) is 10.1. The number of benzene rings is 1. The molecular formula is C12H9BrN2S2. The Morgan fingerprint density at radius 2 is 2.12 bits per heavy atom. The molecule has 2 nitrogen and oxygen atoms in total. The number of thioether (sulfide) groups is 1. The van der Waals surface area contributed by atoms with Crippen LogP contribution in [0.4, 0.5) is 0 Å². The van der Waals surface area contributed by atoms with Crippen LogP contribution < -0.4 is 0 Å². The Morgan fingerprint density at radius 1 is 1.35 bits per heavy atom. The summed E-state index contributed by atoms with van der Waals surface area (Å²) in [7, 11) is 0. The standard InChI is InChI=1S/C12H9BrN2S2/c13-9-1-3-11(4-2-9)16-8-12-15-10(5-6-14)7-17-12/h1-4,7H,5,8H2. The molecule has 0 aliphatic rings. The van der Waals surface area contributed by atoms with Crippen molar-refractivity contribution in [3.63, 3.8) is 0 Å². The summed E-state index contributed by atoms with van der Waals surface area (Å²) in [5.74, 6) is 0.859. The third-order valence-corrected chi connectivity index (χ3v) is 4.67. The van der Waals surface area contributed by atoms with Gasteiger partial charge in [0.15, 0.2) is 0 Å². The Kier molecular flexibility index (Phi) is 4.60. The highest BCUT2D eigenvalue weighted by atomic mass is 79.9. The minimum absolute atomic E-state index is 0.402. The number of halogens is 1. The number of hydrogen-bond donors (Lipinski definition) is 0. The molecule has 2 rings (SSSR count). The quantitative estimate of drug-likeness (QED) is 0.788. The molecule has 0 spiro atoms. The smallest absolute Gasteiger partial charge is 0.103 e. The third kappa shape index (κ3) is 3.84. The molecule has 0 saturated carbocycles. The number of thiazole rings is 1. The van der Waals surface area contributed by atoms with E-state index in [0.717, 1.165) is 20.9 Å². The van der Waals surface area contributed by atoms with Gasteiger partial charge < -0.3 is 0 Å². The number of nitrogens with zero attached hydrogens (tertiary/aromatic N) is 2. The Morgan fingerprint density at radius 3 is 2.82 bits per heavy atom. The van der Waals surface area contributed by atoms with Crippen molar-refractivity contribution in [2.45, 2.75) is 17.1 Å². The van der Waals surface area contributed by atoms with E-state index >= 15 is 0 Å². The van der Waals surface area contributed by atoms with Crippen LogP contribution in [0, 0.1) is 11.3 Å². The third-order valence-electron chi connectivity index (χ3n) is 2.04. The molecule has 5 heteroatoms. The van der Waals surface area contributed by atoms with Crippen molar-refractivity contribution in [3.8, 4) is 6.07 Å². The van der Waals surface area contributed by atoms with Crippen molar-refractivity contribution < 1.29 is 0 Å². The first kappa shape index (κ1) is 12.6. The number of rotatable bonds is 4. The van der Waals surface area contributed by atoms with Gasteiger partial charge in [-0.25, -0.2) is 4.98 Å². The van der Waals surface area contributed by atoms with Crippen LogP contribution >= 0.6 is 39.0 Å². The first-order valence-corrected chi connectivity index (χ1v) is 7.62. The first-order valence-electron chi connectivity index (χ1n) is 4.96. The summed E-state index contributed by atoms with van der Waals surface area (Å²) in [4.78, 5) is 5.63. The molecule has 0 fully saturated rings. The van der Waals surface area contributed by atoms with Crippen LogP contribution in [0.2, 0.25) is 0 Å². The van der Waals surface area contributed by atoms with Crippen LogP contribution in [0.15, 0.2) is 39.0 Å². The van der Waals surface area contributed by atoms with E-state index < -0.39 is 0 Å². The van der Waals surface area contributed by atoms with Crippen LogP contribution in [-0.2, 0) is 12.2 Å². The van der Waals surface area contributed by atoms with Crippen molar-refractivity contribution in [3.05, 3.63) is 44.8 Å². The van der Waals surface area contributed by atoms with Gasteiger partial charge in [0.2, 0.25) is 0 Å². The van der Waals surface area contributed by atoms with E-state index in [9.17, 15) is 0 Å². The van der Waals surface area contributed by atoms with E-state index in [-0.39, 0.29) is 0 Å². The molecule has 1 heterocycles. The summed E-state index contributed by atoms with van der Waals surface area (Å²) >= 11 is 6.79. The second-order valence-corrected chi connectivity index (χ2v) is 6.22. The Bertz CT molecular complexity index is 528. The molecule has 17 heavy (non-hydrogen) atoms. The maximum absolute atomic E-state index is 8.57. The fourth-order valence-corrected chi connectivity index (χ4v) is 3.23. The summed E-state index contributed by atoms with van der Waals surface area (Å²) in [5, 5.41) is 11.6. The van der Waals surface area contributed by atoms with E-state index in [1.54, 1.807) is 23.1 Å². The first-order chi connectivity index (χ1) is 8.28. The highest BCUT2D eigenvalue weighted by Gasteiger charge is 2.02. The highest BCUT2D eigenvalue weighted by molar-refractivity contribution is 9.10. The van der Waals surface area contributed by atoms with Gasteiger partial charge in [0.25, 0.3) is 0 Å². The topological polar surface area (TPSA) is 36.7 Å². The van der Waals surface area contributed by atoms with E-state index in [1.165, 1.54) is 4.90 Å². The van der Waals surface area contributed by atoms with Crippen molar-refractivity contribution in [2.24, 2.45) is 0 Å². The van der Waals surface area contributed by atoms with E-state index in [4.69, 9.17) is 5.26 Å². The lowest BCUT2D eigenvalue weighted by atomic mass is 10.4. The predicted molar refractivity (Wildman–Crippen MR) is 75.1 cm³/mol. The Balaban J connectivity index is 1.93. The number of aromatic nitrogens is 1. The second kappa shape index (κ2) is 6.20. The van der Waals surface area contributed by atoms with Gasteiger partial charge in [-0.15, -0.1) is 23.1 Å². The molecular weight excluding hydrogens is 316 g/mol. The summed E-state index contributed by atoms with van der Waals surface area (Å²) in [5.41, 5.74) is 0.879. The van der Waals surface area contributed by atoms with Crippen molar-refractivity contribution in [1.82, 2.24) is 4.98 Å². The molecule has 2 aromatic rings. The molecule has 1 aromatic carbocycles. The molecule has 0 amide bonds.